The molecule has 5 heterocycles. The molecule has 3 saturated carbocycles. The van der Waals surface area contributed by atoms with Crippen LogP contribution >= 0.6 is 0 Å². The van der Waals surface area contributed by atoms with Crippen LogP contribution < -0.4 is 0 Å². The lowest BCUT2D eigenvalue weighted by molar-refractivity contribution is -0.388. The Hall–Kier alpha value is -1.14. The van der Waals surface area contributed by atoms with Gasteiger partial charge in [0.25, 0.3) is 0 Å². The molecule has 0 spiro atoms. The van der Waals surface area contributed by atoms with Crippen LogP contribution in [0.2, 0.25) is 0 Å². The summed E-state index contributed by atoms with van der Waals surface area (Å²) in [5, 5.41) is 139. The predicted octanol–water partition coefficient (Wildman–Crippen LogP) is -1.98. The summed E-state index contributed by atoms with van der Waals surface area (Å²) in [7, 11) is 0. The smallest absolute Gasteiger partial charge is 0.187 e. The third-order valence-electron chi connectivity index (χ3n) is 19.5. The summed E-state index contributed by atoms with van der Waals surface area (Å²) in [6.07, 6.45) is -20.5. The maximum Gasteiger partial charge on any atom is 0.187 e. The van der Waals surface area contributed by atoms with Gasteiger partial charge in [-0.05, 0) is 106 Å². The van der Waals surface area contributed by atoms with Crippen molar-refractivity contribution in [3.63, 3.8) is 0 Å². The maximum atomic E-state index is 12.1. The van der Waals surface area contributed by atoms with Gasteiger partial charge < -0.3 is 109 Å². The zero-order valence-electron chi connectivity index (χ0n) is 42.7. The summed E-state index contributed by atoms with van der Waals surface area (Å²) in [6.45, 7) is 10.7. The van der Waals surface area contributed by atoms with Gasteiger partial charge in [0, 0.05) is 12.3 Å². The van der Waals surface area contributed by atoms with E-state index in [0.717, 1.165) is 32.1 Å². The van der Waals surface area contributed by atoms with Crippen LogP contribution in [-0.4, -0.2) is 227 Å². The molecule has 0 aromatic carbocycles. The standard InChI is InChI=1S/C51H84O22/c1-20(19-65-45-39(60)38(59)35(56)30(17-52)69-45)9-14-51(64)21(2)32-29(73-51)16-28-26-8-7-24-15-25(10-12-49(24,5)27(26)11-13-50(28,32)6)68-48-44(72-47-41(62)37(58)34(55)23(4)67-47)42(63)43(31(18-53)70-48)71-46-40(61)36(57)33(54)22(3)66-46/h7,20-23,25-48,52-64H,8-19H2,1-6H3/t20-,21+,22+,23-,25+,26-,27+,28+,29+,30+,31-,32+,33+,34+,35-,36+,37+,38-,39+,40-,41-,42+,43-,44-,45-,46+,47+,48+,49+,50+,51-/m1/s1. The van der Waals surface area contributed by atoms with Gasteiger partial charge in [-0.2, -0.15) is 0 Å². The fraction of sp³-hybridized carbons (Fsp3) is 0.961. The fourth-order valence-electron chi connectivity index (χ4n) is 14.9. The molecular formula is C51H84O22. The summed E-state index contributed by atoms with van der Waals surface area (Å²) < 4.78 is 54.6. The summed E-state index contributed by atoms with van der Waals surface area (Å²) in [6, 6.07) is 0. The van der Waals surface area contributed by atoms with E-state index in [-0.39, 0.29) is 41.3 Å². The predicted molar refractivity (Wildman–Crippen MR) is 249 cm³/mol. The molecule has 0 aromatic rings. The van der Waals surface area contributed by atoms with Crippen molar-refractivity contribution in [2.75, 3.05) is 19.8 Å². The van der Waals surface area contributed by atoms with Crippen LogP contribution in [0.5, 0.6) is 0 Å². The summed E-state index contributed by atoms with van der Waals surface area (Å²) in [5.41, 5.74) is 1.07. The summed E-state index contributed by atoms with van der Waals surface area (Å²) in [5.74, 6) is -0.232. The summed E-state index contributed by atoms with van der Waals surface area (Å²) in [4.78, 5) is 0. The van der Waals surface area contributed by atoms with E-state index in [1.165, 1.54) is 19.4 Å². The maximum absolute atomic E-state index is 12.1. The Bertz CT molecular complexity index is 1900. The molecule has 0 amide bonds. The Morgan fingerprint density at radius 2 is 1.23 bits per heavy atom. The first kappa shape index (κ1) is 56.6. The van der Waals surface area contributed by atoms with Crippen LogP contribution in [0.25, 0.3) is 0 Å². The van der Waals surface area contributed by atoms with Gasteiger partial charge in [-0.15, -0.1) is 0 Å². The van der Waals surface area contributed by atoms with Crippen LogP contribution in [0.4, 0.5) is 0 Å². The molecule has 0 bridgehead atoms. The summed E-state index contributed by atoms with van der Waals surface area (Å²) >= 11 is 0. The topological polar surface area (TPSA) is 346 Å². The number of fused-ring (bicyclic) bond motifs is 7. The van der Waals surface area contributed by atoms with Gasteiger partial charge in [-0.25, -0.2) is 0 Å². The molecule has 4 aliphatic carbocycles. The molecule has 0 unspecified atom stereocenters. The monoisotopic (exact) mass is 1050 g/mol. The highest BCUT2D eigenvalue weighted by Crippen LogP contribution is 2.70. The second-order valence-electron chi connectivity index (χ2n) is 23.8. The van der Waals surface area contributed by atoms with Crippen molar-refractivity contribution in [2.45, 2.75) is 240 Å². The third kappa shape index (κ3) is 10.2. The van der Waals surface area contributed by atoms with Gasteiger partial charge in [0.2, 0.25) is 0 Å². The second kappa shape index (κ2) is 21.8. The van der Waals surface area contributed by atoms with Crippen molar-refractivity contribution < 1.29 is 109 Å². The molecule has 9 rings (SSSR count). The third-order valence-corrected chi connectivity index (χ3v) is 19.5. The second-order valence-corrected chi connectivity index (χ2v) is 23.8. The molecule has 13 N–H and O–H groups in total. The first-order valence-corrected chi connectivity index (χ1v) is 26.8. The molecule has 9 aliphatic rings. The average Bonchev–Trinajstić information content (AvgIpc) is 3.80. The SMILES string of the molecule is C[C@H](CC[C@@]1(O)O[C@H]2C[C@H]3[C@@H]4CC=C5C[C@@H](O[C@H]6O[C@H](CO)[C@@H](O[C@@H]7O[C@@H](C)[C@H](O)[C@H](O)[C@H]7O)[C@H](O)[C@H]6O[C@@H]6O[C@H](C)[C@H](O)[C@H](O)[C@H]6O)CC[C@]5(C)[C@H]4CC[C@]3(C)[C@H]2[C@@H]1C)CO[C@@H]1O[C@@H](CO)[C@@H](O)[C@@H](O)[C@@H]1O. The van der Waals surface area contributed by atoms with Gasteiger partial charge in [0.1, 0.15) is 85.5 Å². The molecule has 31 atom stereocenters. The molecule has 420 valence electrons. The number of aliphatic hydroxyl groups is 13. The molecule has 0 aromatic heterocycles. The molecular weight excluding hydrogens is 965 g/mol. The number of aliphatic hydroxyl groups excluding tert-OH is 12. The molecule has 22 heteroatoms. The van der Waals surface area contributed by atoms with Crippen molar-refractivity contribution >= 4 is 0 Å². The zero-order valence-corrected chi connectivity index (χ0v) is 42.7. The average molecular weight is 1050 g/mol. The normalized spacial score (nSPS) is 55.5. The Kier molecular flexibility index (Phi) is 16.9. The lowest BCUT2D eigenvalue weighted by atomic mass is 9.47. The van der Waals surface area contributed by atoms with Crippen molar-refractivity contribution in [3.8, 4) is 0 Å². The van der Waals surface area contributed by atoms with E-state index < -0.39 is 148 Å². The van der Waals surface area contributed by atoms with Crippen molar-refractivity contribution in [1.29, 1.82) is 0 Å². The van der Waals surface area contributed by atoms with Gasteiger partial charge in [0.05, 0.1) is 44.2 Å². The zero-order chi connectivity index (χ0) is 52.8. The van der Waals surface area contributed by atoms with E-state index in [2.05, 4.69) is 26.8 Å². The lowest BCUT2D eigenvalue weighted by Gasteiger charge is -2.58. The molecule has 5 saturated heterocycles. The van der Waals surface area contributed by atoms with Gasteiger partial charge in [-0.1, -0.05) is 39.3 Å². The molecule has 73 heavy (non-hydrogen) atoms. The Morgan fingerprint density at radius 1 is 0.644 bits per heavy atom. The van der Waals surface area contributed by atoms with E-state index in [9.17, 15) is 66.4 Å². The number of hydrogen-bond acceptors (Lipinski definition) is 22. The van der Waals surface area contributed by atoms with E-state index >= 15 is 0 Å². The number of ether oxygens (including phenoxy) is 9. The molecule has 5 aliphatic heterocycles. The molecule has 0 radical (unpaired) electrons. The van der Waals surface area contributed by atoms with Crippen molar-refractivity contribution in [1.82, 2.24) is 0 Å². The fourth-order valence-corrected chi connectivity index (χ4v) is 14.9. The largest absolute Gasteiger partial charge is 0.394 e. The molecule has 22 nitrogen and oxygen atoms in total. The Morgan fingerprint density at radius 3 is 1.86 bits per heavy atom. The minimum Gasteiger partial charge on any atom is -0.394 e. The highest BCUT2D eigenvalue weighted by atomic mass is 16.8. The first-order chi connectivity index (χ1) is 34.5. The van der Waals surface area contributed by atoms with E-state index in [0.29, 0.717) is 43.4 Å². The van der Waals surface area contributed by atoms with E-state index in [4.69, 9.17) is 42.6 Å². The van der Waals surface area contributed by atoms with E-state index in [1.54, 1.807) is 0 Å². The van der Waals surface area contributed by atoms with Crippen LogP contribution in [0.1, 0.15) is 99.3 Å². The van der Waals surface area contributed by atoms with Gasteiger partial charge in [-0.3, -0.25) is 0 Å². The molecule has 8 fully saturated rings. The minimum absolute atomic E-state index is 0.0589. The number of hydrogen-bond donors (Lipinski definition) is 13. The number of rotatable bonds is 14. The van der Waals surface area contributed by atoms with Crippen LogP contribution in [-0.2, 0) is 42.6 Å². The highest BCUT2D eigenvalue weighted by Gasteiger charge is 2.68. The van der Waals surface area contributed by atoms with E-state index in [1.807, 2.05) is 6.92 Å². The minimum atomic E-state index is -1.75. The Labute approximate surface area is 426 Å². The quantitative estimate of drug-likeness (QED) is 0.0839. The van der Waals surface area contributed by atoms with Crippen LogP contribution in [0, 0.1) is 46.3 Å². The van der Waals surface area contributed by atoms with Gasteiger partial charge >= 0.3 is 0 Å². The van der Waals surface area contributed by atoms with Crippen molar-refractivity contribution in [2.24, 2.45) is 46.3 Å². The highest BCUT2D eigenvalue weighted by molar-refractivity contribution is 5.26. The first-order valence-electron chi connectivity index (χ1n) is 26.8. The Balaban J connectivity index is 0.846. The van der Waals surface area contributed by atoms with Crippen molar-refractivity contribution in [3.05, 3.63) is 11.6 Å². The van der Waals surface area contributed by atoms with Gasteiger partial charge in [0.15, 0.2) is 30.9 Å². The number of allylic oxidation sites excluding steroid dienone is 1. The van der Waals surface area contributed by atoms with Crippen LogP contribution in [0.3, 0.4) is 0 Å². The van der Waals surface area contributed by atoms with Crippen LogP contribution in [0.15, 0.2) is 11.6 Å². The lowest BCUT2D eigenvalue weighted by Crippen LogP contribution is -2.66.